The van der Waals surface area contributed by atoms with Crippen LogP contribution in [0.4, 0.5) is 0 Å². The lowest BCUT2D eigenvalue weighted by Gasteiger charge is -2.42. The van der Waals surface area contributed by atoms with E-state index in [4.69, 9.17) is 0 Å². The number of amides is 2. The van der Waals surface area contributed by atoms with Crippen molar-refractivity contribution < 1.29 is 14.4 Å². The highest BCUT2D eigenvalue weighted by Crippen LogP contribution is 2.65. The van der Waals surface area contributed by atoms with Crippen LogP contribution in [0.2, 0.25) is 0 Å². The van der Waals surface area contributed by atoms with Crippen molar-refractivity contribution in [1.82, 2.24) is 5.32 Å². The Balaban J connectivity index is 1.58. The van der Waals surface area contributed by atoms with Crippen molar-refractivity contribution >= 4 is 17.6 Å². The van der Waals surface area contributed by atoms with E-state index in [2.05, 4.69) is 17.5 Å². The second kappa shape index (κ2) is 4.27. The number of carbonyl (C=O) groups is 3. The third kappa shape index (κ3) is 1.37. The molecule has 0 aromatic heterocycles. The standard InChI is InChI=1S/C20H21NO3/c22-18-13-9-6-5-8(7-9)12(13)16-14(18)10-3-1-2-4-11(10)15-17(16)20(24)21-19(15)23/h5-6,8-9,11-13,15-17H,1-4,7H2,(H,21,23,24)/t8-,9+,11+,12+,13-,15+,16-,17+/m1/s1. The second-order valence-electron chi connectivity index (χ2n) is 8.64. The molecule has 0 aromatic rings. The Morgan fingerprint density at radius 1 is 0.875 bits per heavy atom. The minimum atomic E-state index is -0.286. The zero-order valence-corrected chi connectivity index (χ0v) is 13.5. The van der Waals surface area contributed by atoms with E-state index in [1.165, 1.54) is 5.57 Å². The van der Waals surface area contributed by atoms with Gasteiger partial charge in [0.1, 0.15) is 0 Å². The fourth-order valence-corrected chi connectivity index (χ4v) is 7.25. The molecule has 8 atom stereocenters. The van der Waals surface area contributed by atoms with Crippen LogP contribution in [0.15, 0.2) is 23.3 Å². The van der Waals surface area contributed by atoms with E-state index in [9.17, 15) is 14.4 Å². The molecule has 6 rings (SSSR count). The van der Waals surface area contributed by atoms with Gasteiger partial charge in [-0.05, 0) is 54.9 Å². The van der Waals surface area contributed by atoms with Gasteiger partial charge in [0, 0.05) is 11.8 Å². The summed E-state index contributed by atoms with van der Waals surface area (Å²) in [7, 11) is 0. The third-order valence-electron chi connectivity index (χ3n) is 7.90. The molecule has 4 nitrogen and oxygen atoms in total. The van der Waals surface area contributed by atoms with Crippen molar-refractivity contribution in [2.24, 2.45) is 47.3 Å². The Kier molecular flexibility index (Phi) is 2.42. The van der Waals surface area contributed by atoms with Gasteiger partial charge in [-0.15, -0.1) is 0 Å². The maximum absolute atomic E-state index is 13.3. The molecule has 5 aliphatic carbocycles. The number of hydrogen-bond acceptors (Lipinski definition) is 3. The van der Waals surface area contributed by atoms with Gasteiger partial charge in [-0.1, -0.05) is 24.1 Å². The van der Waals surface area contributed by atoms with Crippen LogP contribution in [-0.2, 0) is 14.4 Å². The largest absolute Gasteiger partial charge is 0.296 e. The van der Waals surface area contributed by atoms with Crippen molar-refractivity contribution in [3.05, 3.63) is 23.3 Å². The molecule has 1 N–H and O–H groups in total. The zero-order chi connectivity index (χ0) is 16.2. The fourth-order valence-electron chi connectivity index (χ4n) is 7.25. The quantitative estimate of drug-likeness (QED) is 0.548. The molecule has 0 spiro atoms. The molecule has 1 saturated heterocycles. The monoisotopic (exact) mass is 323 g/mol. The highest BCUT2D eigenvalue weighted by Gasteiger charge is 2.66. The number of imide groups is 1. The van der Waals surface area contributed by atoms with E-state index in [0.29, 0.717) is 17.6 Å². The van der Waals surface area contributed by atoms with Crippen LogP contribution in [0.5, 0.6) is 0 Å². The van der Waals surface area contributed by atoms with Crippen LogP contribution in [-0.4, -0.2) is 17.6 Å². The summed E-state index contributed by atoms with van der Waals surface area (Å²) in [6, 6.07) is 0. The first-order valence-corrected chi connectivity index (χ1v) is 9.47. The summed E-state index contributed by atoms with van der Waals surface area (Å²) >= 11 is 0. The number of nitrogens with one attached hydrogen (secondary N) is 1. The van der Waals surface area contributed by atoms with Crippen LogP contribution < -0.4 is 5.32 Å². The van der Waals surface area contributed by atoms with Crippen LogP contribution >= 0.6 is 0 Å². The normalized spacial score (nSPS) is 50.8. The van der Waals surface area contributed by atoms with Gasteiger partial charge in [-0.2, -0.15) is 0 Å². The van der Waals surface area contributed by atoms with E-state index in [1.54, 1.807) is 0 Å². The van der Waals surface area contributed by atoms with Gasteiger partial charge < -0.3 is 0 Å². The van der Waals surface area contributed by atoms with Crippen molar-refractivity contribution in [1.29, 1.82) is 0 Å². The molecular weight excluding hydrogens is 302 g/mol. The molecule has 4 fully saturated rings. The molecular formula is C20H21NO3. The number of allylic oxidation sites excluding steroid dienone is 4. The smallest absolute Gasteiger partial charge is 0.231 e. The average Bonchev–Trinajstić information content (AvgIpc) is 3.31. The van der Waals surface area contributed by atoms with Crippen LogP contribution in [0.3, 0.4) is 0 Å². The van der Waals surface area contributed by atoms with Gasteiger partial charge in [0.25, 0.3) is 0 Å². The summed E-state index contributed by atoms with van der Waals surface area (Å²) in [5.74, 6) is 0.914. The summed E-state index contributed by atoms with van der Waals surface area (Å²) in [6.45, 7) is 0. The summed E-state index contributed by atoms with van der Waals surface area (Å²) in [4.78, 5) is 38.5. The van der Waals surface area contributed by atoms with Gasteiger partial charge in [0.2, 0.25) is 11.8 Å². The number of hydrogen-bond donors (Lipinski definition) is 1. The van der Waals surface area contributed by atoms with Gasteiger partial charge in [0.05, 0.1) is 11.8 Å². The first-order chi connectivity index (χ1) is 11.7. The first-order valence-electron chi connectivity index (χ1n) is 9.47. The predicted octanol–water partition coefficient (Wildman–Crippen LogP) is 2.01. The molecule has 0 radical (unpaired) electrons. The molecule has 1 heterocycles. The van der Waals surface area contributed by atoms with Gasteiger partial charge >= 0.3 is 0 Å². The molecule has 6 aliphatic rings. The number of ketones is 1. The maximum Gasteiger partial charge on any atom is 0.231 e. The molecule has 4 heteroatoms. The molecule has 124 valence electrons. The molecule has 2 amide bonds. The lowest BCUT2D eigenvalue weighted by molar-refractivity contribution is -0.126. The van der Waals surface area contributed by atoms with Gasteiger partial charge in [-0.25, -0.2) is 0 Å². The lowest BCUT2D eigenvalue weighted by Crippen LogP contribution is -2.41. The number of Topliss-reactive ketones (excluding diaryl/α,β-unsaturated/α-hetero) is 1. The molecule has 1 aliphatic heterocycles. The predicted molar refractivity (Wildman–Crippen MR) is 85.3 cm³/mol. The first kappa shape index (κ1) is 13.6. The van der Waals surface area contributed by atoms with Crippen molar-refractivity contribution in [3.8, 4) is 0 Å². The molecule has 24 heavy (non-hydrogen) atoms. The van der Waals surface area contributed by atoms with E-state index in [1.807, 2.05) is 0 Å². The Bertz CT molecular complexity index is 763. The van der Waals surface area contributed by atoms with E-state index in [0.717, 1.165) is 37.7 Å². The highest BCUT2D eigenvalue weighted by atomic mass is 16.2. The summed E-state index contributed by atoms with van der Waals surface area (Å²) in [5, 5.41) is 2.61. The van der Waals surface area contributed by atoms with E-state index < -0.39 is 0 Å². The minimum Gasteiger partial charge on any atom is -0.296 e. The Labute approximate surface area is 140 Å². The fraction of sp³-hybridized carbons (Fsp3) is 0.650. The minimum absolute atomic E-state index is 0.00301. The van der Waals surface area contributed by atoms with Crippen LogP contribution in [0.25, 0.3) is 0 Å². The van der Waals surface area contributed by atoms with Crippen molar-refractivity contribution in [3.63, 3.8) is 0 Å². The molecule has 3 saturated carbocycles. The van der Waals surface area contributed by atoms with E-state index in [-0.39, 0.29) is 47.3 Å². The average molecular weight is 323 g/mol. The Morgan fingerprint density at radius 3 is 2.54 bits per heavy atom. The summed E-state index contributed by atoms with van der Waals surface area (Å²) in [6.07, 6.45) is 9.69. The van der Waals surface area contributed by atoms with E-state index >= 15 is 0 Å². The van der Waals surface area contributed by atoms with Gasteiger partial charge in [0.15, 0.2) is 5.78 Å². The van der Waals surface area contributed by atoms with Crippen molar-refractivity contribution in [2.75, 3.05) is 0 Å². The third-order valence-corrected chi connectivity index (χ3v) is 7.90. The number of carbonyl (C=O) groups excluding carboxylic acids is 3. The Hall–Kier alpha value is -1.71. The topological polar surface area (TPSA) is 63.2 Å². The SMILES string of the molecule is O=C1NC(=O)[C@@H]2[C@H]1[C@H]1C(=C3CCCC[C@@H]32)C(=O)[C@H]2[C@@H]1[C@@H]1C=C[C@H]2C1. The maximum atomic E-state index is 13.3. The summed E-state index contributed by atoms with van der Waals surface area (Å²) < 4.78 is 0. The zero-order valence-electron chi connectivity index (χ0n) is 13.5. The Morgan fingerprint density at radius 2 is 1.67 bits per heavy atom. The number of fused-ring (bicyclic) bond motifs is 11. The molecule has 0 aromatic carbocycles. The lowest BCUT2D eigenvalue weighted by atomic mass is 9.59. The highest BCUT2D eigenvalue weighted by molar-refractivity contribution is 6.10. The molecule has 0 unspecified atom stereocenters. The number of rotatable bonds is 0. The second-order valence-corrected chi connectivity index (χ2v) is 8.64. The van der Waals surface area contributed by atoms with Crippen LogP contribution in [0, 0.1) is 47.3 Å². The van der Waals surface area contributed by atoms with Gasteiger partial charge in [-0.3, -0.25) is 19.7 Å². The summed E-state index contributed by atoms with van der Waals surface area (Å²) in [5.41, 5.74) is 2.26. The van der Waals surface area contributed by atoms with Crippen LogP contribution in [0.1, 0.15) is 32.1 Å². The molecule has 2 bridgehead atoms. The van der Waals surface area contributed by atoms with Crippen molar-refractivity contribution in [2.45, 2.75) is 32.1 Å².